The first kappa shape index (κ1) is 14.9. The fourth-order valence-electron chi connectivity index (χ4n) is 1.67. The van der Waals surface area contributed by atoms with Gasteiger partial charge in [0.1, 0.15) is 11.6 Å². The number of carboxylic acids is 1. The molecule has 1 aromatic heterocycles. The number of carbonyl (C=O) groups is 2. The van der Waals surface area contributed by atoms with Crippen molar-refractivity contribution in [1.29, 1.82) is 0 Å². The average molecular weight is 310 g/mol. The maximum absolute atomic E-state index is 11.6. The molecule has 0 atom stereocenters. The van der Waals surface area contributed by atoms with Crippen LogP contribution in [-0.2, 0) is 18.4 Å². The number of anilines is 1. The first-order valence-electron chi connectivity index (χ1n) is 5.92. The molecule has 0 aliphatic rings. The monoisotopic (exact) mass is 309 g/mol. The highest BCUT2D eigenvalue weighted by atomic mass is 35.5. The molecule has 1 aromatic carbocycles. The van der Waals surface area contributed by atoms with E-state index in [0.29, 0.717) is 0 Å². The van der Waals surface area contributed by atoms with Gasteiger partial charge in [0, 0.05) is 7.05 Å². The van der Waals surface area contributed by atoms with Gasteiger partial charge in [-0.25, -0.2) is 9.59 Å². The van der Waals surface area contributed by atoms with Gasteiger partial charge in [0.05, 0.1) is 0 Å². The second-order valence-electron chi connectivity index (χ2n) is 4.13. The van der Waals surface area contributed by atoms with Crippen molar-refractivity contribution >= 4 is 29.5 Å². The summed E-state index contributed by atoms with van der Waals surface area (Å²) in [5.74, 6) is -1.30. The van der Waals surface area contributed by atoms with E-state index in [1.807, 2.05) is 30.3 Å². The quantitative estimate of drug-likeness (QED) is 0.905. The maximum Gasteiger partial charge on any atom is 0.413 e. The zero-order valence-electron chi connectivity index (χ0n) is 11.0. The number of nitrogens with zero attached hydrogens (tertiary/aromatic N) is 2. The Morgan fingerprint density at radius 2 is 2.05 bits per heavy atom. The largest absolute Gasteiger partial charge is 0.476 e. The van der Waals surface area contributed by atoms with Gasteiger partial charge in [-0.3, -0.25) is 10.00 Å². The van der Waals surface area contributed by atoms with Gasteiger partial charge in [0.15, 0.2) is 11.5 Å². The standard InChI is InChI=1S/C13H12ClN3O4/c1-17-10(12(18)19)9(14)11(16-17)15-13(20)21-7-8-5-3-2-4-6-8/h2-6H,7H2,1H3,(H,18,19)(H,15,16,20). The van der Waals surface area contributed by atoms with Gasteiger partial charge in [-0.05, 0) is 5.56 Å². The van der Waals surface area contributed by atoms with Crippen LogP contribution in [0.3, 0.4) is 0 Å². The summed E-state index contributed by atoms with van der Waals surface area (Å²) in [7, 11) is 1.41. The summed E-state index contributed by atoms with van der Waals surface area (Å²) >= 11 is 5.85. The molecule has 110 valence electrons. The Morgan fingerprint density at radius 3 is 2.62 bits per heavy atom. The Kier molecular flexibility index (Phi) is 4.44. The van der Waals surface area contributed by atoms with Gasteiger partial charge < -0.3 is 9.84 Å². The van der Waals surface area contributed by atoms with Crippen LogP contribution in [0.2, 0.25) is 5.02 Å². The Bertz CT molecular complexity index is 670. The van der Waals surface area contributed by atoms with Crippen LogP contribution in [0.5, 0.6) is 0 Å². The molecule has 2 rings (SSSR count). The van der Waals surface area contributed by atoms with Gasteiger partial charge in [0.2, 0.25) is 0 Å². The van der Waals surface area contributed by atoms with Crippen molar-refractivity contribution in [2.75, 3.05) is 5.32 Å². The second-order valence-corrected chi connectivity index (χ2v) is 4.50. The molecule has 2 N–H and O–H groups in total. The average Bonchev–Trinajstić information content (AvgIpc) is 2.72. The van der Waals surface area contributed by atoms with Crippen LogP contribution in [-0.4, -0.2) is 26.9 Å². The molecular formula is C13H12ClN3O4. The van der Waals surface area contributed by atoms with E-state index in [9.17, 15) is 9.59 Å². The molecule has 0 saturated heterocycles. The van der Waals surface area contributed by atoms with Crippen LogP contribution in [0.1, 0.15) is 16.1 Å². The van der Waals surface area contributed by atoms with Crippen LogP contribution < -0.4 is 5.32 Å². The Morgan fingerprint density at radius 1 is 1.38 bits per heavy atom. The van der Waals surface area contributed by atoms with Crippen LogP contribution in [0.25, 0.3) is 0 Å². The molecule has 0 saturated carbocycles. The lowest BCUT2D eigenvalue weighted by Crippen LogP contribution is -2.14. The van der Waals surface area contributed by atoms with Crippen molar-refractivity contribution in [2.24, 2.45) is 7.05 Å². The lowest BCUT2D eigenvalue weighted by atomic mass is 10.2. The zero-order chi connectivity index (χ0) is 15.4. The summed E-state index contributed by atoms with van der Waals surface area (Å²) in [6.45, 7) is 0.0862. The molecule has 0 unspecified atom stereocenters. The molecule has 0 bridgehead atoms. The summed E-state index contributed by atoms with van der Waals surface area (Å²) in [5.41, 5.74) is 0.612. The van der Waals surface area contributed by atoms with E-state index in [-0.39, 0.29) is 23.1 Å². The third-order valence-electron chi connectivity index (χ3n) is 2.63. The predicted molar refractivity (Wildman–Crippen MR) is 75.4 cm³/mol. The van der Waals surface area contributed by atoms with Gasteiger partial charge >= 0.3 is 12.1 Å². The van der Waals surface area contributed by atoms with Crippen molar-refractivity contribution in [2.45, 2.75) is 6.61 Å². The van der Waals surface area contributed by atoms with E-state index in [4.69, 9.17) is 21.4 Å². The number of amides is 1. The van der Waals surface area contributed by atoms with E-state index < -0.39 is 12.1 Å². The number of nitrogens with one attached hydrogen (secondary N) is 1. The van der Waals surface area contributed by atoms with Gasteiger partial charge in [-0.1, -0.05) is 41.9 Å². The predicted octanol–water partition coefficient (Wildman–Crippen LogP) is 2.52. The highest BCUT2D eigenvalue weighted by Crippen LogP contribution is 2.24. The van der Waals surface area contributed by atoms with Gasteiger partial charge in [-0.15, -0.1) is 0 Å². The number of carbonyl (C=O) groups excluding carboxylic acids is 1. The molecular weight excluding hydrogens is 298 g/mol. The van der Waals surface area contributed by atoms with E-state index in [1.165, 1.54) is 7.05 Å². The fraction of sp³-hybridized carbons (Fsp3) is 0.154. The number of aryl methyl sites for hydroxylation is 1. The van der Waals surface area contributed by atoms with E-state index in [2.05, 4.69) is 10.4 Å². The Labute approximate surface area is 125 Å². The molecule has 0 spiro atoms. The van der Waals surface area contributed by atoms with Crippen molar-refractivity contribution in [1.82, 2.24) is 9.78 Å². The van der Waals surface area contributed by atoms with E-state index >= 15 is 0 Å². The highest BCUT2D eigenvalue weighted by molar-refractivity contribution is 6.36. The molecule has 1 amide bonds. The molecule has 21 heavy (non-hydrogen) atoms. The molecule has 0 aliphatic heterocycles. The normalized spacial score (nSPS) is 10.2. The molecule has 2 aromatic rings. The minimum atomic E-state index is -1.24. The lowest BCUT2D eigenvalue weighted by Gasteiger charge is -2.05. The number of aromatic nitrogens is 2. The van der Waals surface area contributed by atoms with Crippen molar-refractivity contribution in [3.05, 3.63) is 46.6 Å². The van der Waals surface area contributed by atoms with Crippen LogP contribution in [0.15, 0.2) is 30.3 Å². The number of carboxylic acid groups (broad SMARTS) is 1. The smallest absolute Gasteiger partial charge is 0.413 e. The lowest BCUT2D eigenvalue weighted by molar-refractivity contribution is 0.0685. The van der Waals surface area contributed by atoms with Crippen molar-refractivity contribution in [3.63, 3.8) is 0 Å². The molecule has 0 fully saturated rings. The number of benzene rings is 1. The Balaban J connectivity index is 2.00. The Hall–Kier alpha value is -2.54. The molecule has 7 nitrogen and oxygen atoms in total. The van der Waals surface area contributed by atoms with Gasteiger partial charge in [-0.2, -0.15) is 5.10 Å². The highest BCUT2D eigenvalue weighted by Gasteiger charge is 2.21. The summed E-state index contributed by atoms with van der Waals surface area (Å²) in [5, 5.41) is 14.9. The van der Waals surface area contributed by atoms with Gasteiger partial charge in [0.25, 0.3) is 0 Å². The maximum atomic E-state index is 11.6. The third kappa shape index (κ3) is 3.51. The third-order valence-corrected chi connectivity index (χ3v) is 2.98. The molecule has 0 aliphatic carbocycles. The van der Waals surface area contributed by atoms with Crippen LogP contribution in [0.4, 0.5) is 10.6 Å². The van der Waals surface area contributed by atoms with Crippen molar-refractivity contribution < 1.29 is 19.4 Å². The van der Waals surface area contributed by atoms with E-state index in [0.717, 1.165) is 10.2 Å². The van der Waals surface area contributed by atoms with Crippen LogP contribution >= 0.6 is 11.6 Å². The number of hydrogen-bond acceptors (Lipinski definition) is 4. The first-order chi connectivity index (χ1) is 9.99. The number of rotatable bonds is 4. The summed E-state index contributed by atoms with van der Waals surface area (Å²) < 4.78 is 6.06. The first-order valence-corrected chi connectivity index (χ1v) is 6.30. The molecule has 1 heterocycles. The van der Waals surface area contributed by atoms with Crippen molar-refractivity contribution in [3.8, 4) is 0 Å². The second kappa shape index (κ2) is 6.27. The zero-order valence-corrected chi connectivity index (χ0v) is 11.8. The molecule has 0 radical (unpaired) electrons. The minimum absolute atomic E-state index is 0.0605. The summed E-state index contributed by atoms with van der Waals surface area (Å²) in [6, 6.07) is 9.12. The minimum Gasteiger partial charge on any atom is -0.476 e. The molecule has 8 heteroatoms. The number of aromatic carboxylic acids is 1. The number of hydrogen-bond donors (Lipinski definition) is 2. The van der Waals surface area contributed by atoms with E-state index in [1.54, 1.807) is 0 Å². The summed E-state index contributed by atoms with van der Waals surface area (Å²) in [4.78, 5) is 22.6. The fourth-order valence-corrected chi connectivity index (χ4v) is 1.95. The SMILES string of the molecule is Cn1nc(NC(=O)OCc2ccccc2)c(Cl)c1C(=O)O. The number of ether oxygens (including phenoxy) is 1. The number of halogens is 1. The van der Waals surface area contributed by atoms with Crippen LogP contribution in [0, 0.1) is 0 Å². The topological polar surface area (TPSA) is 93.5 Å². The summed E-state index contributed by atoms with van der Waals surface area (Å²) in [6.07, 6.45) is -0.768.